The minimum atomic E-state index is -0.000504. The lowest BCUT2D eigenvalue weighted by molar-refractivity contribution is -0.116. The number of nitrogens with zero attached hydrogens (tertiary/aromatic N) is 4. The molecule has 2 aromatic heterocycles. The average Bonchev–Trinajstić information content (AvgIpc) is 3.18. The van der Waals surface area contributed by atoms with Crippen LogP contribution in [-0.4, -0.2) is 31.1 Å². The first-order valence-corrected chi connectivity index (χ1v) is 7.75. The first-order valence-electron chi connectivity index (χ1n) is 7.75. The molecule has 118 valence electrons. The Morgan fingerprint density at radius 2 is 2.17 bits per heavy atom. The number of carbonyl (C=O) groups excluding carboxylic acids is 1. The third kappa shape index (κ3) is 1.84. The standard InChI is InChI=1S/C17H14N6O/c1-23-16-3-2-9(5-15(16)21-22-23)11-6-17(24)19-14-7-13-10(4-12(11)14)8-18-20-13/h2-5,7-8,11H,6H2,1H3,(H,18,20)(H,19,24)/t11-/m1/s1. The molecule has 0 bridgehead atoms. The Labute approximate surface area is 136 Å². The fourth-order valence-electron chi connectivity index (χ4n) is 3.47. The van der Waals surface area contributed by atoms with Gasteiger partial charge in [-0.15, -0.1) is 5.10 Å². The molecule has 0 spiro atoms. The van der Waals surface area contributed by atoms with Gasteiger partial charge in [0.25, 0.3) is 0 Å². The molecule has 0 unspecified atom stereocenters. The molecule has 1 amide bonds. The van der Waals surface area contributed by atoms with E-state index in [4.69, 9.17) is 0 Å². The Morgan fingerprint density at radius 3 is 3.08 bits per heavy atom. The van der Waals surface area contributed by atoms with E-state index in [0.29, 0.717) is 6.42 Å². The summed E-state index contributed by atoms with van der Waals surface area (Å²) in [5.41, 5.74) is 5.75. The average molecular weight is 318 g/mol. The van der Waals surface area contributed by atoms with Crippen molar-refractivity contribution in [2.24, 2.45) is 7.05 Å². The highest BCUT2D eigenvalue weighted by atomic mass is 16.1. The van der Waals surface area contributed by atoms with Crippen molar-refractivity contribution >= 4 is 33.5 Å². The van der Waals surface area contributed by atoms with Crippen LogP contribution in [0.2, 0.25) is 0 Å². The quantitative estimate of drug-likeness (QED) is 0.564. The third-order valence-corrected chi connectivity index (χ3v) is 4.69. The summed E-state index contributed by atoms with van der Waals surface area (Å²) in [7, 11) is 1.87. The molecule has 7 nitrogen and oxygen atoms in total. The Balaban J connectivity index is 1.70. The molecule has 2 aromatic carbocycles. The number of carbonyl (C=O) groups is 1. The maximum Gasteiger partial charge on any atom is 0.225 e. The molecule has 3 heterocycles. The fraction of sp³-hybridized carbons (Fsp3) is 0.176. The van der Waals surface area contributed by atoms with E-state index >= 15 is 0 Å². The van der Waals surface area contributed by atoms with Crippen LogP contribution in [0.1, 0.15) is 23.5 Å². The first-order chi connectivity index (χ1) is 11.7. The van der Waals surface area contributed by atoms with Crippen LogP contribution < -0.4 is 5.32 Å². The summed E-state index contributed by atoms with van der Waals surface area (Å²) in [5.74, 6) is 0.0186. The summed E-state index contributed by atoms with van der Waals surface area (Å²) in [6.07, 6.45) is 2.22. The van der Waals surface area contributed by atoms with Gasteiger partial charge in [-0.3, -0.25) is 9.89 Å². The van der Waals surface area contributed by atoms with Crippen LogP contribution in [0.5, 0.6) is 0 Å². The van der Waals surface area contributed by atoms with E-state index in [2.05, 4.69) is 38.0 Å². The molecule has 0 aliphatic carbocycles. The number of amides is 1. The van der Waals surface area contributed by atoms with Crippen LogP contribution in [0.25, 0.3) is 21.9 Å². The van der Waals surface area contributed by atoms with Gasteiger partial charge < -0.3 is 5.32 Å². The maximum atomic E-state index is 12.2. The highest BCUT2D eigenvalue weighted by Crippen LogP contribution is 2.39. The van der Waals surface area contributed by atoms with Gasteiger partial charge >= 0.3 is 0 Å². The SMILES string of the molecule is Cn1nnc2cc([C@H]3CC(=O)Nc4cc5[nH]ncc5cc43)ccc21. The maximum absolute atomic E-state index is 12.2. The molecule has 1 aliphatic heterocycles. The Morgan fingerprint density at radius 1 is 1.25 bits per heavy atom. The van der Waals surface area contributed by atoms with E-state index in [1.807, 2.05) is 25.2 Å². The molecule has 2 N–H and O–H groups in total. The zero-order chi connectivity index (χ0) is 16.3. The van der Waals surface area contributed by atoms with E-state index in [9.17, 15) is 4.79 Å². The lowest BCUT2D eigenvalue weighted by atomic mass is 9.84. The molecule has 7 heteroatoms. The highest BCUT2D eigenvalue weighted by Gasteiger charge is 2.27. The minimum absolute atomic E-state index is 0.000504. The van der Waals surface area contributed by atoms with Crippen molar-refractivity contribution in [3.63, 3.8) is 0 Å². The van der Waals surface area contributed by atoms with E-state index < -0.39 is 0 Å². The monoisotopic (exact) mass is 318 g/mol. The van der Waals surface area contributed by atoms with Gasteiger partial charge in [-0.25, -0.2) is 4.68 Å². The zero-order valence-corrected chi connectivity index (χ0v) is 12.9. The van der Waals surface area contributed by atoms with Crippen molar-refractivity contribution in [3.05, 3.63) is 47.7 Å². The fourth-order valence-corrected chi connectivity index (χ4v) is 3.47. The summed E-state index contributed by atoms with van der Waals surface area (Å²) in [5, 5.41) is 19.3. The van der Waals surface area contributed by atoms with E-state index in [-0.39, 0.29) is 11.8 Å². The number of aromatic nitrogens is 5. The number of H-pyrrole nitrogens is 1. The van der Waals surface area contributed by atoms with E-state index in [1.54, 1.807) is 10.9 Å². The summed E-state index contributed by atoms with van der Waals surface area (Å²) >= 11 is 0. The molecule has 0 saturated carbocycles. The summed E-state index contributed by atoms with van der Waals surface area (Å²) in [4.78, 5) is 12.2. The molecule has 1 aliphatic rings. The normalized spacial score (nSPS) is 17.2. The molecule has 5 rings (SSSR count). The molecule has 0 fully saturated rings. The Kier molecular flexibility index (Phi) is 2.56. The van der Waals surface area contributed by atoms with Crippen molar-refractivity contribution in [2.45, 2.75) is 12.3 Å². The molecular formula is C17H14N6O. The van der Waals surface area contributed by atoms with E-state index in [0.717, 1.165) is 38.8 Å². The number of anilines is 1. The summed E-state index contributed by atoms with van der Waals surface area (Å²) in [6, 6.07) is 10.1. The second-order valence-electron chi connectivity index (χ2n) is 6.16. The van der Waals surface area contributed by atoms with Crippen LogP contribution in [0.4, 0.5) is 5.69 Å². The van der Waals surface area contributed by atoms with Gasteiger partial charge in [0.05, 0.1) is 17.2 Å². The smallest absolute Gasteiger partial charge is 0.225 e. The van der Waals surface area contributed by atoms with Gasteiger partial charge in [0.15, 0.2) is 0 Å². The van der Waals surface area contributed by atoms with Crippen LogP contribution in [-0.2, 0) is 11.8 Å². The van der Waals surface area contributed by atoms with Crippen LogP contribution >= 0.6 is 0 Å². The molecule has 0 radical (unpaired) electrons. The second-order valence-corrected chi connectivity index (χ2v) is 6.16. The van der Waals surface area contributed by atoms with Crippen molar-refractivity contribution in [3.8, 4) is 0 Å². The number of benzene rings is 2. The predicted molar refractivity (Wildman–Crippen MR) is 89.7 cm³/mol. The molecular weight excluding hydrogens is 304 g/mol. The number of rotatable bonds is 1. The summed E-state index contributed by atoms with van der Waals surface area (Å²) < 4.78 is 1.75. The van der Waals surface area contributed by atoms with E-state index in [1.165, 1.54) is 0 Å². The molecule has 1 atom stereocenters. The number of hydrogen-bond donors (Lipinski definition) is 2. The Hall–Kier alpha value is -3.22. The van der Waals surface area contributed by atoms with Crippen molar-refractivity contribution in [2.75, 3.05) is 5.32 Å². The number of aryl methyl sites for hydroxylation is 1. The predicted octanol–water partition coefficient (Wildman–Crippen LogP) is 2.32. The first kappa shape index (κ1) is 13.2. The molecule has 0 saturated heterocycles. The number of nitrogens with one attached hydrogen (secondary N) is 2. The van der Waals surface area contributed by atoms with Crippen molar-refractivity contribution in [1.82, 2.24) is 25.2 Å². The lowest BCUT2D eigenvalue weighted by Crippen LogP contribution is -2.23. The molecule has 24 heavy (non-hydrogen) atoms. The van der Waals surface area contributed by atoms with Crippen molar-refractivity contribution < 1.29 is 4.79 Å². The number of hydrogen-bond acceptors (Lipinski definition) is 4. The third-order valence-electron chi connectivity index (χ3n) is 4.69. The van der Waals surface area contributed by atoms with Gasteiger partial charge in [-0.2, -0.15) is 5.10 Å². The molecule has 4 aromatic rings. The minimum Gasteiger partial charge on any atom is -0.326 e. The largest absolute Gasteiger partial charge is 0.326 e. The number of aromatic amines is 1. The van der Waals surface area contributed by atoms with Gasteiger partial charge in [0.1, 0.15) is 5.52 Å². The van der Waals surface area contributed by atoms with Gasteiger partial charge in [0.2, 0.25) is 5.91 Å². The Bertz CT molecular complexity index is 1110. The second kappa shape index (κ2) is 4.64. The van der Waals surface area contributed by atoms with Crippen LogP contribution in [0, 0.1) is 0 Å². The summed E-state index contributed by atoms with van der Waals surface area (Å²) in [6.45, 7) is 0. The van der Waals surface area contributed by atoms with Crippen molar-refractivity contribution in [1.29, 1.82) is 0 Å². The highest BCUT2D eigenvalue weighted by molar-refractivity contribution is 5.98. The zero-order valence-electron chi connectivity index (χ0n) is 12.9. The van der Waals surface area contributed by atoms with Gasteiger partial charge in [-0.1, -0.05) is 11.3 Å². The van der Waals surface area contributed by atoms with Crippen LogP contribution in [0.15, 0.2) is 36.5 Å². The lowest BCUT2D eigenvalue weighted by Gasteiger charge is -2.26. The topological polar surface area (TPSA) is 88.5 Å². The van der Waals surface area contributed by atoms with Gasteiger partial charge in [-0.05, 0) is 35.4 Å². The number of fused-ring (bicyclic) bond motifs is 3. The van der Waals surface area contributed by atoms with Gasteiger partial charge in [0, 0.05) is 30.5 Å². The van der Waals surface area contributed by atoms with Crippen LogP contribution in [0.3, 0.4) is 0 Å².